The molecule has 2 nitrogen and oxygen atoms in total. The van der Waals surface area contributed by atoms with Crippen LogP contribution in [-0.4, -0.2) is 68.6 Å². The van der Waals surface area contributed by atoms with E-state index in [-0.39, 0.29) is 63.7 Å². The van der Waals surface area contributed by atoms with Crippen molar-refractivity contribution in [2.24, 2.45) is 0 Å². The first-order valence-corrected chi connectivity index (χ1v) is 4.68. The summed E-state index contributed by atoms with van der Waals surface area (Å²) in [6.45, 7) is 6.72. The second-order valence-corrected chi connectivity index (χ2v) is 4.21. The van der Waals surface area contributed by atoms with Gasteiger partial charge in [-0.3, -0.25) is 4.57 Å². The first-order chi connectivity index (χ1) is 4.12. The SMILES string of the molecule is C=CCP(=O)(O)CC=C.[KH]. The Kier molecular flexibility index (Phi) is 9.68. The summed E-state index contributed by atoms with van der Waals surface area (Å²) in [7, 11) is -2.93. The second-order valence-electron chi connectivity index (χ2n) is 1.79. The van der Waals surface area contributed by atoms with Gasteiger partial charge in [0.15, 0.2) is 0 Å². The van der Waals surface area contributed by atoms with Crippen LogP contribution in [0.1, 0.15) is 0 Å². The van der Waals surface area contributed by atoms with Gasteiger partial charge < -0.3 is 4.89 Å². The van der Waals surface area contributed by atoms with Crippen molar-refractivity contribution in [1.82, 2.24) is 0 Å². The second kappa shape index (κ2) is 6.98. The summed E-state index contributed by atoms with van der Waals surface area (Å²) < 4.78 is 10.8. The summed E-state index contributed by atoms with van der Waals surface area (Å²) in [5.41, 5.74) is 0. The van der Waals surface area contributed by atoms with Crippen LogP contribution in [0.2, 0.25) is 0 Å². The molecule has 0 saturated heterocycles. The number of rotatable bonds is 4. The quantitative estimate of drug-likeness (QED) is 0.403. The standard InChI is InChI=1S/C6H11O2P.K.H/c1-3-5-9(7,8)6-4-2;;/h3-4H,1-2,5-6H2,(H,7,8);;. The Bertz CT molecular complexity index is 142. The van der Waals surface area contributed by atoms with Crippen molar-refractivity contribution in [3.8, 4) is 0 Å². The third-order valence-corrected chi connectivity index (χ3v) is 2.49. The van der Waals surface area contributed by atoms with Gasteiger partial charge in [0.25, 0.3) is 0 Å². The van der Waals surface area contributed by atoms with E-state index >= 15 is 0 Å². The van der Waals surface area contributed by atoms with Crippen LogP contribution in [-0.2, 0) is 4.57 Å². The van der Waals surface area contributed by atoms with Crippen molar-refractivity contribution in [3.05, 3.63) is 25.3 Å². The number of allylic oxidation sites excluding steroid dienone is 2. The molecule has 54 valence electrons. The van der Waals surface area contributed by atoms with Crippen molar-refractivity contribution in [3.63, 3.8) is 0 Å². The molecule has 0 radical (unpaired) electrons. The predicted molar refractivity (Wildman–Crippen MR) is 47.1 cm³/mol. The van der Waals surface area contributed by atoms with Crippen LogP contribution >= 0.6 is 7.37 Å². The van der Waals surface area contributed by atoms with Gasteiger partial charge in [0, 0.05) is 12.3 Å². The molecule has 1 N–H and O–H groups in total. The van der Waals surface area contributed by atoms with E-state index in [1.165, 1.54) is 12.2 Å². The molecule has 10 heavy (non-hydrogen) atoms. The van der Waals surface area contributed by atoms with Gasteiger partial charge in [-0.15, -0.1) is 13.2 Å². The summed E-state index contributed by atoms with van der Waals surface area (Å²) in [6.07, 6.45) is 3.26. The molecule has 0 aromatic carbocycles. The Morgan fingerprint density at radius 3 is 1.80 bits per heavy atom. The number of hydrogen-bond donors (Lipinski definition) is 1. The summed E-state index contributed by atoms with van der Waals surface area (Å²) >= 11 is 0. The molecule has 0 atom stereocenters. The minimum atomic E-state index is -2.93. The molecule has 0 rings (SSSR count). The molecule has 0 heterocycles. The molecule has 0 bridgehead atoms. The third-order valence-electron chi connectivity index (χ3n) is 0.829. The Labute approximate surface area is 104 Å². The van der Waals surface area contributed by atoms with Crippen molar-refractivity contribution in [2.75, 3.05) is 12.3 Å². The molecule has 4 heteroatoms. The molecule has 0 aliphatic heterocycles. The maximum atomic E-state index is 10.8. The van der Waals surface area contributed by atoms with Gasteiger partial charge in [-0.1, -0.05) is 12.2 Å². The van der Waals surface area contributed by atoms with Crippen LogP contribution in [0.5, 0.6) is 0 Å². The summed E-state index contributed by atoms with van der Waals surface area (Å²) in [5.74, 6) is 0. The fourth-order valence-corrected chi connectivity index (χ4v) is 1.43. The van der Waals surface area contributed by atoms with Gasteiger partial charge in [-0.25, -0.2) is 0 Å². The molecule has 0 unspecified atom stereocenters. The van der Waals surface area contributed by atoms with Gasteiger partial charge in [0.05, 0.1) is 0 Å². The van der Waals surface area contributed by atoms with Crippen LogP contribution in [0.15, 0.2) is 25.3 Å². The summed E-state index contributed by atoms with van der Waals surface area (Å²) in [4.78, 5) is 8.93. The fraction of sp³-hybridized carbons (Fsp3) is 0.333. The van der Waals surface area contributed by atoms with E-state index in [9.17, 15) is 4.57 Å². The van der Waals surface area contributed by atoms with Crippen molar-refractivity contribution in [2.45, 2.75) is 0 Å². The zero-order valence-electron chi connectivity index (χ0n) is 5.29. The van der Waals surface area contributed by atoms with Gasteiger partial charge in [-0.05, 0) is 0 Å². The van der Waals surface area contributed by atoms with Gasteiger partial charge in [-0.2, -0.15) is 0 Å². The van der Waals surface area contributed by atoms with E-state index in [1.807, 2.05) is 0 Å². The van der Waals surface area contributed by atoms with Gasteiger partial charge in [0.2, 0.25) is 7.37 Å². The van der Waals surface area contributed by atoms with E-state index in [0.29, 0.717) is 0 Å². The molecular weight excluding hydrogens is 174 g/mol. The molecule has 0 aromatic rings. The molecule has 0 spiro atoms. The van der Waals surface area contributed by atoms with Crippen molar-refractivity contribution >= 4 is 58.8 Å². The molecule has 0 aliphatic rings. The van der Waals surface area contributed by atoms with Gasteiger partial charge >= 0.3 is 51.4 Å². The van der Waals surface area contributed by atoms with Crippen LogP contribution in [0.3, 0.4) is 0 Å². The Morgan fingerprint density at radius 1 is 1.30 bits per heavy atom. The normalized spacial score (nSPS) is 9.70. The average Bonchev–Trinajstić information content (AvgIpc) is 1.64. The van der Waals surface area contributed by atoms with E-state index in [1.54, 1.807) is 0 Å². The Balaban J connectivity index is 0. The summed E-state index contributed by atoms with van der Waals surface area (Å²) in [5, 5.41) is 0. The first kappa shape index (κ1) is 13.9. The predicted octanol–water partition coefficient (Wildman–Crippen LogP) is 0.980. The fourth-order valence-electron chi connectivity index (χ4n) is 0.478. The molecule has 0 fully saturated rings. The number of hydrogen-bond acceptors (Lipinski definition) is 1. The first-order valence-electron chi connectivity index (χ1n) is 2.65. The molecule has 0 saturated carbocycles. The maximum absolute atomic E-state index is 10.8. The van der Waals surface area contributed by atoms with E-state index in [4.69, 9.17) is 4.89 Å². The minimum absolute atomic E-state index is 0. The zero-order chi connectivity index (χ0) is 7.33. The topological polar surface area (TPSA) is 37.3 Å². The molecule has 0 aliphatic carbocycles. The van der Waals surface area contributed by atoms with E-state index in [0.717, 1.165) is 0 Å². The Hall–Kier alpha value is 1.31. The van der Waals surface area contributed by atoms with E-state index < -0.39 is 7.37 Å². The van der Waals surface area contributed by atoms with Crippen LogP contribution < -0.4 is 0 Å². The van der Waals surface area contributed by atoms with Crippen molar-refractivity contribution < 1.29 is 9.46 Å². The summed E-state index contributed by atoms with van der Waals surface area (Å²) in [6, 6.07) is 0. The third kappa shape index (κ3) is 7.41. The van der Waals surface area contributed by atoms with Crippen LogP contribution in [0, 0.1) is 0 Å². The van der Waals surface area contributed by atoms with Gasteiger partial charge in [0.1, 0.15) is 0 Å². The molecule has 0 aromatic heterocycles. The van der Waals surface area contributed by atoms with Crippen LogP contribution in [0.4, 0.5) is 0 Å². The van der Waals surface area contributed by atoms with Crippen molar-refractivity contribution in [1.29, 1.82) is 0 Å². The molecular formula is C6H12KO2P. The average molecular weight is 186 g/mol. The van der Waals surface area contributed by atoms with E-state index in [2.05, 4.69) is 13.2 Å². The molecule has 0 amide bonds. The van der Waals surface area contributed by atoms with Crippen LogP contribution in [0.25, 0.3) is 0 Å². The monoisotopic (exact) mass is 186 g/mol. The Morgan fingerprint density at radius 2 is 1.60 bits per heavy atom. The zero-order valence-corrected chi connectivity index (χ0v) is 6.18.